The Morgan fingerprint density at radius 1 is 1.14 bits per heavy atom. The van der Waals surface area contributed by atoms with E-state index in [0.717, 1.165) is 17.3 Å². The first-order valence-electron chi connectivity index (χ1n) is 7.43. The largest absolute Gasteiger partial charge is 0.242 e. The summed E-state index contributed by atoms with van der Waals surface area (Å²) in [6, 6.07) is 8.52. The smallest absolute Gasteiger partial charge is 0.0972 e. The number of aryl methyl sites for hydroxylation is 1. The topological polar surface area (TPSA) is 29.1 Å². The monoisotopic (exact) mass is 373 g/mol. The highest BCUT2D eigenvalue weighted by atomic mass is 79.9. The minimum atomic E-state index is -1.04. The number of hydrogen-bond donors (Lipinski definition) is 1. The third-order valence-corrected chi connectivity index (χ3v) is 5.90. The molecule has 1 aromatic carbocycles. The van der Waals surface area contributed by atoms with Gasteiger partial charge >= 0.3 is 0 Å². The van der Waals surface area contributed by atoms with Gasteiger partial charge in [-0.25, -0.2) is 8.93 Å². The highest BCUT2D eigenvalue weighted by Gasteiger charge is 2.29. The normalized spacial score (nSPS) is 15.8. The fourth-order valence-corrected chi connectivity index (χ4v) is 3.54. The lowest BCUT2D eigenvalue weighted by atomic mass is 9.84. The van der Waals surface area contributed by atoms with Gasteiger partial charge in [0.15, 0.2) is 0 Å². The summed E-state index contributed by atoms with van der Waals surface area (Å²) in [4.78, 5) is 0. The minimum Gasteiger partial charge on any atom is -0.242 e. The molecule has 0 spiro atoms. The van der Waals surface area contributed by atoms with Crippen LogP contribution in [0, 0.1) is 5.41 Å². The van der Waals surface area contributed by atoms with Crippen molar-refractivity contribution in [2.45, 2.75) is 65.2 Å². The molecule has 0 aliphatic rings. The van der Waals surface area contributed by atoms with Gasteiger partial charge in [0.2, 0.25) is 0 Å². The second-order valence-corrected chi connectivity index (χ2v) is 10.4. The van der Waals surface area contributed by atoms with Crippen LogP contribution in [0.1, 0.15) is 53.5 Å². The maximum atomic E-state index is 12.4. The first kappa shape index (κ1) is 18.9. The second kappa shape index (κ2) is 7.38. The maximum absolute atomic E-state index is 12.4. The van der Waals surface area contributed by atoms with Crippen LogP contribution in [0.25, 0.3) is 0 Å². The Bertz CT molecular complexity index is 488. The van der Waals surface area contributed by atoms with Crippen molar-refractivity contribution >= 4 is 26.9 Å². The summed E-state index contributed by atoms with van der Waals surface area (Å²) < 4.78 is 16.6. The molecule has 0 unspecified atom stereocenters. The minimum absolute atomic E-state index is 0.0716. The zero-order valence-electron chi connectivity index (χ0n) is 14.0. The molecule has 0 saturated carbocycles. The van der Waals surface area contributed by atoms with E-state index in [2.05, 4.69) is 59.6 Å². The van der Waals surface area contributed by atoms with E-state index >= 15 is 0 Å². The summed E-state index contributed by atoms with van der Waals surface area (Å²) >= 11 is 3.60. The van der Waals surface area contributed by atoms with Gasteiger partial charge in [-0.15, -0.1) is 0 Å². The van der Waals surface area contributed by atoms with Crippen molar-refractivity contribution in [2.75, 3.05) is 0 Å². The fourth-order valence-electron chi connectivity index (χ4n) is 1.98. The van der Waals surface area contributed by atoms with Crippen molar-refractivity contribution in [1.82, 2.24) is 4.72 Å². The van der Waals surface area contributed by atoms with Crippen molar-refractivity contribution in [1.29, 1.82) is 0 Å². The van der Waals surface area contributed by atoms with Gasteiger partial charge in [0.1, 0.15) is 0 Å². The molecule has 4 heteroatoms. The third kappa shape index (κ3) is 6.21. The fraction of sp³-hybridized carbons (Fsp3) is 0.647. The highest BCUT2D eigenvalue weighted by molar-refractivity contribution is 9.10. The zero-order chi connectivity index (χ0) is 16.3. The molecule has 0 fully saturated rings. The Balaban J connectivity index is 2.77. The lowest BCUT2D eigenvalue weighted by molar-refractivity contribution is 0.286. The zero-order valence-corrected chi connectivity index (χ0v) is 16.4. The van der Waals surface area contributed by atoms with Crippen LogP contribution in [0.15, 0.2) is 28.7 Å². The van der Waals surface area contributed by atoms with Gasteiger partial charge in [-0.1, -0.05) is 54.9 Å². The standard InChI is InChI=1S/C17H28BrNOS/c1-16(2,3)15(19-21(20)17(4,5)6)12-11-13-9-7-8-10-14(13)18/h7-10,15,19H,11-12H2,1-6H3/t15-,21-/m1/s1. The summed E-state index contributed by atoms with van der Waals surface area (Å²) in [7, 11) is -1.04. The van der Waals surface area contributed by atoms with E-state index in [1.165, 1.54) is 5.56 Å². The molecule has 2 atom stereocenters. The Hall–Kier alpha value is -0.190. The molecular weight excluding hydrogens is 346 g/mol. The number of rotatable bonds is 5. The lowest BCUT2D eigenvalue weighted by Crippen LogP contribution is -2.46. The van der Waals surface area contributed by atoms with Crippen LogP contribution in [0.5, 0.6) is 0 Å². The van der Waals surface area contributed by atoms with E-state index in [-0.39, 0.29) is 16.2 Å². The number of benzene rings is 1. The predicted octanol–water partition coefficient (Wildman–Crippen LogP) is 4.85. The van der Waals surface area contributed by atoms with E-state index < -0.39 is 11.0 Å². The van der Waals surface area contributed by atoms with Crippen LogP contribution in [0.2, 0.25) is 0 Å². The average molecular weight is 374 g/mol. The Morgan fingerprint density at radius 3 is 2.19 bits per heavy atom. The molecule has 1 rings (SSSR count). The van der Waals surface area contributed by atoms with Crippen LogP contribution in [-0.4, -0.2) is 15.0 Å². The van der Waals surface area contributed by atoms with Gasteiger partial charge in [0, 0.05) is 10.5 Å². The van der Waals surface area contributed by atoms with Crippen LogP contribution < -0.4 is 4.72 Å². The third-order valence-electron chi connectivity index (χ3n) is 3.51. The first-order valence-corrected chi connectivity index (χ1v) is 9.37. The summed E-state index contributed by atoms with van der Waals surface area (Å²) in [5.41, 5.74) is 1.37. The highest BCUT2D eigenvalue weighted by Crippen LogP contribution is 2.26. The molecule has 21 heavy (non-hydrogen) atoms. The van der Waals surface area contributed by atoms with Crippen LogP contribution in [-0.2, 0) is 17.4 Å². The Kier molecular flexibility index (Phi) is 6.63. The molecule has 0 saturated heterocycles. The molecule has 0 radical (unpaired) electrons. The van der Waals surface area contributed by atoms with Gasteiger partial charge < -0.3 is 0 Å². The summed E-state index contributed by atoms with van der Waals surface area (Å²) in [5.74, 6) is 0. The first-order chi connectivity index (χ1) is 9.51. The van der Waals surface area contributed by atoms with Crippen LogP contribution >= 0.6 is 15.9 Å². The Labute approximate surface area is 140 Å². The van der Waals surface area contributed by atoms with Crippen molar-refractivity contribution in [3.63, 3.8) is 0 Å². The van der Waals surface area contributed by atoms with E-state index in [0.29, 0.717) is 0 Å². The van der Waals surface area contributed by atoms with Gasteiger partial charge in [-0.05, 0) is 50.7 Å². The number of halogens is 1. The second-order valence-electron chi connectivity index (χ2n) is 7.55. The summed E-state index contributed by atoms with van der Waals surface area (Å²) in [6.45, 7) is 12.6. The molecule has 0 aromatic heterocycles. The molecule has 2 nitrogen and oxygen atoms in total. The molecule has 120 valence electrons. The van der Waals surface area contributed by atoms with E-state index in [1.807, 2.05) is 26.8 Å². The van der Waals surface area contributed by atoms with Crippen molar-refractivity contribution in [3.8, 4) is 0 Å². The molecule has 0 amide bonds. The average Bonchev–Trinajstić information content (AvgIpc) is 2.33. The Morgan fingerprint density at radius 2 is 1.71 bits per heavy atom. The van der Waals surface area contributed by atoms with Gasteiger partial charge in [-0.3, -0.25) is 0 Å². The molecule has 1 aromatic rings. The van der Waals surface area contributed by atoms with Crippen molar-refractivity contribution in [2.24, 2.45) is 5.41 Å². The predicted molar refractivity (Wildman–Crippen MR) is 96.7 cm³/mol. The van der Waals surface area contributed by atoms with E-state index in [1.54, 1.807) is 0 Å². The quantitative estimate of drug-likeness (QED) is 0.784. The SMILES string of the molecule is CC(C)(C)[C@@H](CCc1ccccc1Br)N[S@](=O)C(C)(C)C. The van der Waals surface area contributed by atoms with Crippen molar-refractivity contribution < 1.29 is 4.21 Å². The van der Waals surface area contributed by atoms with Crippen LogP contribution in [0.4, 0.5) is 0 Å². The van der Waals surface area contributed by atoms with Crippen molar-refractivity contribution in [3.05, 3.63) is 34.3 Å². The molecule has 0 heterocycles. The number of hydrogen-bond acceptors (Lipinski definition) is 1. The lowest BCUT2D eigenvalue weighted by Gasteiger charge is -2.33. The van der Waals surface area contributed by atoms with E-state index in [9.17, 15) is 4.21 Å². The summed E-state index contributed by atoms with van der Waals surface area (Å²) in [6.07, 6.45) is 1.94. The van der Waals surface area contributed by atoms with Gasteiger partial charge in [-0.2, -0.15) is 0 Å². The maximum Gasteiger partial charge on any atom is 0.0972 e. The molecule has 0 aliphatic carbocycles. The molecule has 0 aliphatic heterocycles. The molecule has 1 N–H and O–H groups in total. The van der Waals surface area contributed by atoms with Gasteiger partial charge in [0.25, 0.3) is 0 Å². The number of nitrogens with one attached hydrogen (secondary N) is 1. The summed E-state index contributed by atoms with van der Waals surface area (Å²) in [5, 5.41) is 0. The van der Waals surface area contributed by atoms with Gasteiger partial charge in [0.05, 0.1) is 15.7 Å². The molecule has 0 bridgehead atoms. The van der Waals surface area contributed by atoms with E-state index in [4.69, 9.17) is 0 Å². The van der Waals surface area contributed by atoms with Crippen LogP contribution in [0.3, 0.4) is 0 Å². The molecular formula is C17H28BrNOS.